The Balaban J connectivity index is 1.67. The van der Waals surface area contributed by atoms with Crippen LogP contribution >= 0.6 is 12.2 Å². The number of nitrogens with one attached hydrogen (secondary N) is 2. The van der Waals surface area contributed by atoms with Gasteiger partial charge in [0.25, 0.3) is 5.91 Å². The highest BCUT2D eigenvalue weighted by Crippen LogP contribution is 2.51. The Hall–Kier alpha value is -3.55. The highest BCUT2D eigenvalue weighted by atomic mass is 32.1. The van der Waals surface area contributed by atoms with Crippen LogP contribution in [0.3, 0.4) is 0 Å². The first-order chi connectivity index (χ1) is 18.5. The van der Waals surface area contributed by atoms with Gasteiger partial charge in [0.05, 0.1) is 18.4 Å². The number of amides is 2. The van der Waals surface area contributed by atoms with Crippen LogP contribution in [0.5, 0.6) is 5.75 Å². The Morgan fingerprint density at radius 1 is 1.23 bits per heavy atom. The highest BCUT2D eigenvalue weighted by molar-refractivity contribution is 7.81. The summed E-state index contributed by atoms with van der Waals surface area (Å²) in [7, 11) is 4.80. The fourth-order valence-corrected chi connectivity index (χ4v) is 6.12. The average molecular weight is 552 g/mol. The maximum atomic E-state index is 15.5. The van der Waals surface area contributed by atoms with E-state index in [1.54, 1.807) is 7.05 Å². The smallest absolute Gasteiger partial charge is 0.259 e. The minimum absolute atomic E-state index is 0.00477. The van der Waals surface area contributed by atoms with Gasteiger partial charge in [0, 0.05) is 18.2 Å². The van der Waals surface area contributed by atoms with Crippen LogP contribution < -0.4 is 25.2 Å². The lowest BCUT2D eigenvalue weighted by molar-refractivity contribution is -0.129. The van der Waals surface area contributed by atoms with E-state index in [1.807, 2.05) is 56.1 Å². The fourth-order valence-electron chi connectivity index (χ4n) is 5.66. The minimum Gasteiger partial charge on any atom is -0.492 e. The SMILES string of the molecule is CNCC1CC2(C1)C(=O)N(c1ccc(C#N)c(OC)c1F)C(=S)N2c1ccc(CCC(C)(C)C(=O)NC)cc1. The number of halogens is 1. The van der Waals surface area contributed by atoms with E-state index >= 15 is 4.39 Å². The number of carbonyl (C=O) groups excluding carboxylic acids is 2. The van der Waals surface area contributed by atoms with E-state index in [0.717, 1.165) is 17.8 Å². The van der Waals surface area contributed by atoms with Gasteiger partial charge in [0.15, 0.2) is 16.7 Å². The molecule has 0 bridgehead atoms. The van der Waals surface area contributed by atoms with E-state index in [0.29, 0.717) is 25.7 Å². The number of anilines is 2. The molecule has 1 saturated carbocycles. The Kier molecular flexibility index (Phi) is 7.96. The summed E-state index contributed by atoms with van der Waals surface area (Å²) in [5, 5.41) is 15.4. The lowest BCUT2D eigenvalue weighted by Gasteiger charge is -2.48. The Labute approximate surface area is 234 Å². The van der Waals surface area contributed by atoms with Gasteiger partial charge in [0.1, 0.15) is 11.6 Å². The molecular formula is C29H34FN5O3S. The molecule has 2 aliphatic rings. The molecule has 1 heterocycles. The summed E-state index contributed by atoms with van der Waals surface area (Å²) in [5.41, 5.74) is 0.386. The molecule has 1 saturated heterocycles. The fraction of sp³-hybridized carbons (Fsp3) is 0.448. The molecule has 0 radical (unpaired) electrons. The number of rotatable bonds is 9. The molecule has 1 spiro atoms. The molecule has 0 atom stereocenters. The lowest BCUT2D eigenvalue weighted by atomic mass is 9.67. The summed E-state index contributed by atoms with van der Waals surface area (Å²) in [6, 6.07) is 12.6. The van der Waals surface area contributed by atoms with Gasteiger partial charge in [-0.3, -0.25) is 14.5 Å². The zero-order valence-corrected chi connectivity index (χ0v) is 23.7. The van der Waals surface area contributed by atoms with Crippen LogP contribution in [0, 0.1) is 28.5 Å². The number of methoxy groups -OCH3 is 1. The second-order valence-electron chi connectivity index (χ2n) is 10.8. The van der Waals surface area contributed by atoms with E-state index < -0.39 is 16.8 Å². The third kappa shape index (κ3) is 4.85. The zero-order valence-electron chi connectivity index (χ0n) is 22.9. The van der Waals surface area contributed by atoms with Gasteiger partial charge in [-0.25, -0.2) is 4.39 Å². The summed E-state index contributed by atoms with van der Waals surface area (Å²) >= 11 is 5.83. The number of carbonyl (C=O) groups is 2. The molecular weight excluding hydrogens is 517 g/mol. The maximum absolute atomic E-state index is 15.5. The van der Waals surface area contributed by atoms with Crippen LogP contribution in [-0.4, -0.2) is 50.2 Å². The molecule has 2 aromatic rings. The van der Waals surface area contributed by atoms with Crippen molar-refractivity contribution in [1.29, 1.82) is 5.26 Å². The maximum Gasteiger partial charge on any atom is 0.259 e. The van der Waals surface area contributed by atoms with Gasteiger partial charge in [-0.1, -0.05) is 26.0 Å². The standard InChI is InChI=1S/C29H34FN5O3S/c1-28(2,25(36)33-4)13-12-18-6-9-21(10-7-18)35-27(39)34(26(37)29(35)14-19(15-29)17-32-3)22-11-8-20(16-31)24(38-5)23(22)30/h6-11,19,32H,12-15,17H2,1-5H3,(H,33,36). The lowest BCUT2D eigenvalue weighted by Crippen LogP contribution is -2.60. The number of benzene rings is 2. The molecule has 0 unspecified atom stereocenters. The minimum atomic E-state index is -0.922. The van der Waals surface area contributed by atoms with Crippen molar-refractivity contribution in [2.75, 3.05) is 37.5 Å². The van der Waals surface area contributed by atoms with E-state index in [4.69, 9.17) is 17.0 Å². The normalized spacial score (nSPS) is 20.7. The monoisotopic (exact) mass is 551 g/mol. The van der Waals surface area contributed by atoms with Crippen LogP contribution in [0.4, 0.5) is 15.8 Å². The highest BCUT2D eigenvalue weighted by Gasteiger charge is 2.63. The first-order valence-electron chi connectivity index (χ1n) is 13.0. The van der Waals surface area contributed by atoms with E-state index in [1.165, 1.54) is 24.1 Å². The number of hydrogen-bond acceptors (Lipinski definition) is 6. The molecule has 2 amide bonds. The van der Waals surface area contributed by atoms with Crippen molar-refractivity contribution in [1.82, 2.24) is 10.6 Å². The van der Waals surface area contributed by atoms with Crippen molar-refractivity contribution in [2.45, 2.75) is 45.1 Å². The number of thiocarbonyl (C=S) groups is 1. The van der Waals surface area contributed by atoms with Gasteiger partial charge in [-0.2, -0.15) is 5.26 Å². The molecule has 2 aromatic carbocycles. The molecule has 10 heteroatoms. The van der Waals surface area contributed by atoms with Crippen LogP contribution in [0.2, 0.25) is 0 Å². The number of ether oxygens (including phenoxy) is 1. The van der Waals surface area contributed by atoms with Gasteiger partial charge in [-0.15, -0.1) is 0 Å². The second-order valence-corrected chi connectivity index (χ2v) is 11.2. The first-order valence-corrected chi connectivity index (χ1v) is 13.4. The summed E-state index contributed by atoms with van der Waals surface area (Å²) in [5.74, 6) is -1.04. The summed E-state index contributed by atoms with van der Waals surface area (Å²) < 4.78 is 20.7. The Bertz CT molecular complexity index is 1330. The molecule has 2 N–H and O–H groups in total. The summed E-state index contributed by atoms with van der Waals surface area (Å²) in [6.45, 7) is 4.60. The molecule has 8 nitrogen and oxygen atoms in total. The summed E-state index contributed by atoms with van der Waals surface area (Å²) in [6.07, 6.45) is 2.53. The van der Waals surface area contributed by atoms with Gasteiger partial charge >= 0.3 is 0 Å². The van der Waals surface area contributed by atoms with Crippen LogP contribution in [0.1, 0.15) is 44.2 Å². The molecule has 4 rings (SSSR count). The van der Waals surface area contributed by atoms with Crippen molar-refractivity contribution in [2.24, 2.45) is 11.3 Å². The molecule has 0 aromatic heterocycles. The number of hydrogen-bond donors (Lipinski definition) is 2. The second kappa shape index (κ2) is 10.9. The third-order valence-electron chi connectivity index (χ3n) is 7.87. The van der Waals surface area contributed by atoms with Crippen molar-refractivity contribution >= 4 is 40.5 Å². The average Bonchev–Trinajstić information content (AvgIpc) is 3.13. The number of nitriles is 1. The van der Waals surface area contributed by atoms with Gasteiger partial charge in [0.2, 0.25) is 5.91 Å². The van der Waals surface area contributed by atoms with Crippen LogP contribution in [0.25, 0.3) is 0 Å². The van der Waals surface area contributed by atoms with E-state index in [2.05, 4.69) is 10.6 Å². The first kappa shape index (κ1) is 28.5. The summed E-state index contributed by atoms with van der Waals surface area (Å²) in [4.78, 5) is 29.2. The van der Waals surface area contributed by atoms with Gasteiger partial charge in [-0.05, 0) is 87.2 Å². The molecule has 1 aliphatic heterocycles. The molecule has 2 fully saturated rings. The topological polar surface area (TPSA) is 97.7 Å². The number of aryl methyl sites for hydroxylation is 1. The number of nitrogens with zero attached hydrogens (tertiary/aromatic N) is 3. The predicted octanol–water partition coefficient (Wildman–Crippen LogP) is 3.92. The van der Waals surface area contributed by atoms with Crippen LogP contribution in [-0.2, 0) is 16.0 Å². The van der Waals surface area contributed by atoms with E-state index in [9.17, 15) is 14.9 Å². The predicted molar refractivity (Wildman–Crippen MR) is 152 cm³/mol. The van der Waals surface area contributed by atoms with Crippen molar-refractivity contribution < 1.29 is 18.7 Å². The van der Waals surface area contributed by atoms with Crippen molar-refractivity contribution in [3.8, 4) is 11.8 Å². The Morgan fingerprint density at radius 3 is 2.46 bits per heavy atom. The van der Waals surface area contributed by atoms with Crippen LogP contribution in [0.15, 0.2) is 36.4 Å². The molecule has 1 aliphatic carbocycles. The molecule has 39 heavy (non-hydrogen) atoms. The van der Waals surface area contributed by atoms with Crippen molar-refractivity contribution in [3.05, 3.63) is 53.3 Å². The zero-order chi connectivity index (χ0) is 28.5. The third-order valence-corrected chi connectivity index (χ3v) is 8.24. The largest absolute Gasteiger partial charge is 0.492 e. The van der Waals surface area contributed by atoms with E-state index in [-0.39, 0.29) is 39.8 Å². The quantitative estimate of drug-likeness (QED) is 0.456. The van der Waals surface area contributed by atoms with Crippen molar-refractivity contribution in [3.63, 3.8) is 0 Å². The van der Waals surface area contributed by atoms with Gasteiger partial charge < -0.3 is 20.3 Å². The molecule has 206 valence electrons. The Morgan fingerprint density at radius 2 is 1.90 bits per heavy atom.